The lowest BCUT2D eigenvalue weighted by Gasteiger charge is -2.32. The Kier molecular flexibility index (Phi) is 4.93. The van der Waals surface area contributed by atoms with Gasteiger partial charge in [-0.1, -0.05) is 0 Å². The van der Waals surface area contributed by atoms with Gasteiger partial charge in [0.1, 0.15) is 11.4 Å². The minimum Gasteiger partial charge on any atom is -0.444 e. The van der Waals surface area contributed by atoms with Crippen LogP contribution in [0.4, 0.5) is 18.0 Å². The number of fused-ring (bicyclic) bond motifs is 1. The Morgan fingerprint density at radius 3 is 2.55 bits per heavy atom. The van der Waals surface area contributed by atoms with Crippen molar-refractivity contribution in [2.24, 2.45) is 0 Å². The predicted octanol–water partition coefficient (Wildman–Crippen LogP) is 4.66. The topological polar surface area (TPSA) is 29.5 Å². The van der Waals surface area contributed by atoms with Crippen molar-refractivity contribution in [2.75, 3.05) is 6.54 Å². The van der Waals surface area contributed by atoms with E-state index in [1.54, 1.807) is 20.8 Å². The summed E-state index contributed by atoms with van der Waals surface area (Å²) in [6.45, 7) is 5.72. The number of rotatable bonds is 1. The summed E-state index contributed by atoms with van der Waals surface area (Å²) in [5, 5.41) is 0. The van der Waals surface area contributed by atoms with Gasteiger partial charge in [0.05, 0.1) is 12.1 Å². The number of halogens is 4. The number of alkyl halides is 2. The second kappa shape index (κ2) is 6.25. The minimum absolute atomic E-state index is 0.170. The highest BCUT2D eigenvalue weighted by Gasteiger charge is 2.30. The van der Waals surface area contributed by atoms with Crippen molar-refractivity contribution < 1.29 is 22.7 Å². The van der Waals surface area contributed by atoms with Crippen LogP contribution in [0.3, 0.4) is 0 Å². The molecule has 0 atom stereocenters. The van der Waals surface area contributed by atoms with Crippen molar-refractivity contribution in [3.63, 3.8) is 0 Å². The number of amides is 1. The van der Waals surface area contributed by atoms with Crippen molar-refractivity contribution in [3.8, 4) is 0 Å². The third-order valence-electron chi connectivity index (χ3n) is 3.32. The molecule has 0 fully saturated rings. The molecule has 1 aromatic rings. The highest BCUT2D eigenvalue weighted by molar-refractivity contribution is 14.1. The molecule has 2 rings (SSSR count). The fraction of sp³-hybridized carbons (Fsp3) is 0.533. The maximum Gasteiger partial charge on any atom is 0.410 e. The van der Waals surface area contributed by atoms with E-state index in [1.165, 1.54) is 4.90 Å². The normalized spacial score (nSPS) is 15.0. The predicted molar refractivity (Wildman–Crippen MR) is 84.4 cm³/mol. The molecule has 0 bridgehead atoms. The van der Waals surface area contributed by atoms with Crippen molar-refractivity contribution in [1.82, 2.24) is 4.90 Å². The van der Waals surface area contributed by atoms with Crippen LogP contribution >= 0.6 is 22.6 Å². The van der Waals surface area contributed by atoms with Crippen LogP contribution in [0.25, 0.3) is 0 Å². The number of nitrogens with zero attached hydrogens (tertiary/aromatic N) is 1. The molecule has 0 saturated carbocycles. The van der Waals surface area contributed by atoms with E-state index in [0.717, 1.165) is 6.07 Å². The van der Waals surface area contributed by atoms with Crippen LogP contribution in [-0.4, -0.2) is 23.1 Å². The molecule has 0 aromatic heterocycles. The largest absolute Gasteiger partial charge is 0.444 e. The first kappa shape index (κ1) is 17.4. The van der Waals surface area contributed by atoms with Crippen LogP contribution in [0.15, 0.2) is 6.07 Å². The molecule has 0 N–H and O–H groups in total. The van der Waals surface area contributed by atoms with Gasteiger partial charge < -0.3 is 9.64 Å². The smallest absolute Gasteiger partial charge is 0.410 e. The Balaban J connectivity index is 2.28. The van der Waals surface area contributed by atoms with Gasteiger partial charge >= 0.3 is 6.09 Å². The van der Waals surface area contributed by atoms with E-state index in [9.17, 15) is 18.0 Å². The zero-order valence-corrected chi connectivity index (χ0v) is 14.7. The van der Waals surface area contributed by atoms with E-state index >= 15 is 0 Å². The number of hydrogen-bond acceptors (Lipinski definition) is 2. The fourth-order valence-corrected chi connectivity index (χ4v) is 3.16. The molecule has 1 heterocycles. The van der Waals surface area contributed by atoms with E-state index in [1.807, 2.05) is 22.6 Å². The van der Waals surface area contributed by atoms with Gasteiger partial charge in [-0.15, -0.1) is 0 Å². The first-order chi connectivity index (χ1) is 10.1. The highest BCUT2D eigenvalue weighted by atomic mass is 127. The number of ether oxygens (including phenoxy) is 1. The summed E-state index contributed by atoms with van der Waals surface area (Å²) < 4.78 is 45.7. The number of benzene rings is 1. The van der Waals surface area contributed by atoms with Gasteiger partial charge in [-0.05, 0) is 67.0 Å². The Morgan fingerprint density at radius 1 is 1.36 bits per heavy atom. The molecule has 0 unspecified atom stereocenters. The molecule has 7 heteroatoms. The molecule has 122 valence electrons. The SMILES string of the molecule is CC(C)(C)OC(=O)N1CCc2c(F)c(C(F)F)cc(I)c2C1. The average Bonchev–Trinajstić information content (AvgIpc) is 2.40. The lowest BCUT2D eigenvalue weighted by atomic mass is 9.96. The van der Waals surface area contributed by atoms with Gasteiger partial charge in [0.15, 0.2) is 0 Å². The van der Waals surface area contributed by atoms with Gasteiger partial charge in [-0.2, -0.15) is 0 Å². The summed E-state index contributed by atoms with van der Waals surface area (Å²) in [4.78, 5) is 13.6. The second-order valence-electron chi connectivity index (χ2n) is 6.17. The number of carbonyl (C=O) groups excluding carboxylic acids is 1. The molecule has 0 aliphatic carbocycles. The molecule has 3 nitrogen and oxygen atoms in total. The third kappa shape index (κ3) is 3.67. The Labute approximate surface area is 141 Å². The molecule has 1 aliphatic rings. The molecular weight excluding hydrogens is 410 g/mol. The minimum atomic E-state index is -2.84. The molecule has 0 saturated heterocycles. The third-order valence-corrected chi connectivity index (χ3v) is 4.28. The molecule has 0 spiro atoms. The second-order valence-corrected chi connectivity index (χ2v) is 7.33. The number of carbonyl (C=O) groups is 1. The summed E-state index contributed by atoms with van der Waals surface area (Å²) in [6, 6.07) is 1.15. The van der Waals surface area contributed by atoms with Gasteiger partial charge in [0, 0.05) is 10.1 Å². The Bertz CT molecular complexity index is 599. The summed E-state index contributed by atoms with van der Waals surface area (Å²) in [5.41, 5.74) is -0.328. The van der Waals surface area contributed by atoms with Gasteiger partial charge in [0.2, 0.25) is 0 Å². The van der Waals surface area contributed by atoms with E-state index < -0.39 is 29.5 Å². The lowest BCUT2D eigenvalue weighted by Crippen LogP contribution is -2.40. The molecule has 1 aliphatic heterocycles. The van der Waals surface area contributed by atoms with Crippen LogP contribution in [0.1, 0.15) is 43.9 Å². The van der Waals surface area contributed by atoms with E-state index in [0.29, 0.717) is 9.13 Å². The van der Waals surface area contributed by atoms with Gasteiger partial charge in [-0.25, -0.2) is 18.0 Å². The standard InChI is InChI=1S/C15H17F3INO2/c1-15(2,3)22-14(21)20-5-4-8-10(7-20)11(19)6-9(12(8)16)13(17)18/h6,13H,4-5,7H2,1-3H3. The lowest BCUT2D eigenvalue weighted by molar-refractivity contribution is 0.0221. The Morgan fingerprint density at radius 2 is 2.00 bits per heavy atom. The summed E-state index contributed by atoms with van der Waals surface area (Å²) in [6.07, 6.45) is -3.12. The first-order valence-corrected chi connectivity index (χ1v) is 7.93. The van der Waals surface area contributed by atoms with E-state index in [2.05, 4.69) is 0 Å². The van der Waals surface area contributed by atoms with Crippen LogP contribution < -0.4 is 0 Å². The first-order valence-electron chi connectivity index (χ1n) is 6.86. The van der Waals surface area contributed by atoms with Crippen LogP contribution in [0, 0.1) is 9.39 Å². The zero-order chi connectivity index (χ0) is 16.7. The summed E-state index contributed by atoms with van der Waals surface area (Å²) >= 11 is 1.90. The van der Waals surface area contributed by atoms with Gasteiger partial charge in [-0.3, -0.25) is 0 Å². The maximum atomic E-state index is 14.2. The van der Waals surface area contributed by atoms with Crippen molar-refractivity contribution in [3.05, 3.63) is 32.1 Å². The molecular formula is C15H17F3INO2. The van der Waals surface area contributed by atoms with Crippen LogP contribution in [0.2, 0.25) is 0 Å². The Hall–Kier alpha value is -0.990. The van der Waals surface area contributed by atoms with Crippen LogP contribution in [-0.2, 0) is 17.7 Å². The van der Waals surface area contributed by atoms with Crippen LogP contribution in [0.5, 0.6) is 0 Å². The van der Waals surface area contributed by atoms with Crippen molar-refractivity contribution >= 4 is 28.7 Å². The van der Waals surface area contributed by atoms with Crippen molar-refractivity contribution in [1.29, 1.82) is 0 Å². The zero-order valence-electron chi connectivity index (χ0n) is 12.6. The number of hydrogen-bond donors (Lipinski definition) is 0. The molecule has 0 radical (unpaired) electrons. The maximum absolute atomic E-state index is 14.2. The summed E-state index contributed by atoms with van der Waals surface area (Å²) in [5.74, 6) is -0.853. The van der Waals surface area contributed by atoms with Gasteiger partial charge in [0.25, 0.3) is 6.43 Å². The molecule has 22 heavy (non-hydrogen) atoms. The average molecular weight is 427 g/mol. The molecule has 1 aromatic carbocycles. The van der Waals surface area contributed by atoms with E-state index in [-0.39, 0.29) is 25.1 Å². The highest BCUT2D eigenvalue weighted by Crippen LogP contribution is 2.33. The molecule has 1 amide bonds. The van der Waals surface area contributed by atoms with Crippen molar-refractivity contribution in [2.45, 2.75) is 45.8 Å². The fourth-order valence-electron chi connectivity index (χ4n) is 2.33. The van der Waals surface area contributed by atoms with E-state index in [4.69, 9.17) is 4.74 Å². The quantitative estimate of drug-likeness (QED) is 0.611. The monoisotopic (exact) mass is 427 g/mol. The summed E-state index contributed by atoms with van der Waals surface area (Å²) in [7, 11) is 0.